The van der Waals surface area contributed by atoms with Crippen molar-refractivity contribution in [3.8, 4) is 0 Å². The number of hydrogen-bond donors (Lipinski definition) is 1. The van der Waals surface area contributed by atoms with Crippen LogP contribution >= 0.6 is 11.8 Å². The van der Waals surface area contributed by atoms with Gasteiger partial charge in [0.2, 0.25) is 0 Å². The molecule has 1 aliphatic heterocycles. The summed E-state index contributed by atoms with van der Waals surface area (Å²) < 4.78 is 7.84. The smallest absolute Gasteiger partial charge is 0.0818 e. The molecule has 2 unspecified atom stereocenters. The average molecular weight is 269 g/mol. The predicted molar refractivity (Wildman–Crippen MR) is 76.1 cm³/mol. The van der Waals surface area contributed by atoms with Gasteiger partial charge in [-0.05, 0) is 25.5 Å². The second-order valence-corrected chi connectivity index (χ2v) is 5.78. The van der Waals surface area contributed by atoms with Crippen LogP contribution in [0.5, 0.6) is 0 Å². The van der Waals surface area contributed by atoms with Crippen molar-refractivity contribution in [1.82, 2.24) is 15.1 Å². The minimum atomic E-state index is 0.358. The molecular formula is C13H23N3OS. The molecule has 2 atom stereocenters. The number of likely N-dealkylation sites (N-methyl/N-ethyl adjacent to an activating group) is 1. The van der Waals surface area contributed by atoms with Crippen LogP contribution in [0.15, 0.2) is 12.3 Å². The number of aryl methyl sites for hydroxylation is 2. The first-order valence-electron chi connectivity index (χ1n) is 6.71. The van der Waals surface area contributed by atoms with Gasteiger partial charge in [-0.25, -0.2) is 0 Å². The summed E-state index contributed by atoms with van der Waals surface area (Å²) >= 11 is 2.00. The highest BCUT2D eigenvalue weighted by atomic mass is 32.2. The Kier molecular flexibility index (Phi) is 5.53. The molecule has 1 saturated heterocycles. The Balaban J connectivity index is 1.87. The summed E-state index contributed by atoms with van der Waals surface area (Å²) in [7, 11) is 2.00. The fraction of sp³-hybridized carbons (Fsp3) is 0.769. The Labute approximate surface area is 113 Å². The van der Waals surface area contributed by atoms with Crippen LogP contribution < -0.4 is 5.32 Å². The average Bonchev–Trinajstić information content (AvgIpc) is 2.81. The summed E-state index contributed by atoms with van der Waals surface area (Å²) in [4.78, 5) is 0. The fourth-order valence-electron chi connectivity index (χ4n) is 2.37. The number of hydrogen-bond acceptors (Lipinski definition) is 4. The van der Waals surface area contributed by atoms with Gasteiger partial charge in [0, 0.05) is 36.5 Å². The third-order valence-corrected chi connectivity index (χ3v) is 4.41. The zero-order valence-corrected chi connectivity index (χ0v) is 12.1. The maximum atomic E-state index is 5.89. The van der Waals surface area contributed by atoms with Gasteiger partial charge in [0.25, 0.3) is 0 Å². The first kappa shape index (κ1) is 13.9. The zero-order chi connectivity index (χ0) is 12.8. The summed E-state index contributed by atoms with van der Waals surface area (Å²) in [5.41, 5.74) is 1.29. The van der Waals surface area contributed by atoms with Gasteiger partial charge in [-0.1, -0.05) is 6.92 Å². The van der Waals surface area contributed by atoms with E-state index in [1.54, 1.807) is 0 Å². The van der Waals surface area contributed by atoms with Gasteiger partial charge in [-0.2, -0.15) is 16.9 Å². The molecule has 0 aromatic carbocycles. The fourth-order valence-corrected chi connectivity index (χ4v) is 3.31. The number of nitrogens with zero attached hydrogens (tertiary/aromatic N) is 2. The third kappa shape index (κ3) is 3.73. The molecule has 2 heterocycles. The van der Waals surface area contributed by atoms with Crippen LogP contribution in [-0.2, 0) is 18.2 Å². The van der Waals surface area contributed by atoms with E-state index in [-0.39, 0.29) is 0 Å². The van der Waals surface area contributed by atoms with Gasteiger partial charge < -0.3 is 10.1 Å². The minimum Gasteiger partial charge on any atom is -0.375 e. The van der Waals surface area contributed by atoms with Crippen LogP contribution in [0.2, 0.25) is 0 Å². The van der Waals surface area contributed by atoms with Crippen molar-refractivity contribution in [3.05, 3.63) is 18.0 Å². The van der Waals surface area contributed by atoms with E-state index < -0.39 is 0 Å². The molecule has 0 amide bonds. The molecule has 1 fully saturated rings. The van der Waals surface area contributed by atoms with Crippen LogP contribution in [-0.4, -0.2) is 46.6 Å². The van der Waals surface area contributed by atoms with Crippen molar-refractivity contribution in [2.75, 3.05) is 24.7 Å². The molecule has 18 heavy (non-hydrogen) atoms. The second-order valence-electron chi connectivity index (χ2n) is 4.63. The van der Waals surface area contributed by atoms with Crippen LogP contribution in [0.1, 0.15) is 19.0 Å². The lowest BCUT2D eigenvalue weighted by molar-refractivity contribution is 0.0452. The van der Waals surface area contributed by atoms with Gasteiger partial charge in [-0.3, -0.25) is 4.68 Å². The van der Waals surface area contributed by atoms with Gasteiger partial charge in [-0.15, -0.1) is 0 Å². The van der Waals surface area contributed by atoms with Crippen LogP contribution in [0.3, 0.4) is 0 Å². The SMILES string of the molecule is CCNC(CCc1ccnn1C)C1CSCCO1. The molecular weight excluding hydrogens is 246 g/mol. The number of thioether (sulfide) groups is 1. The third-order valence-electron chi connectivity index (χ3n) is 3.39. The summed E-state index contributed by atoms with van der Waals surface area (Å²) in [6, 6.07) is 2.55. The number of ether oxygens (including phenoxy) is 1. The summed E-state index contributed by atoms with van der Waals surface area (Å²) in [5.74, 6) is 2.25. The zero-order valence-electron chi connectivity index (χ0n) is 11.3. The molecule has 0 spiro atoms. The monoisotopic (exact) mass is 269 g/mol. The maximum Gasteiger partial charge on any atom is 0.0818 e. The largest absolute Gasteiger partial charge is 0.375 e. The first-order valence-corrected chi connectivity index (χ1v) is 7.86. The van der Waals surface area contributed by atoms with Crippen LogP contribution in [0.4, 0.5) is 0 Å². The Bertz CT molecular complexity index is 350. The minimum absolute atomic E-state index is 0.358. The molecule has 1 aromatic rings. The Morgan fingerprint density at radius 2 is 2.56 bits per heavy atom. The van der Waals surface area contributed by atoms with E-state index in [0.29, 0.717) is 12.1 Å². The van der Waals surface area contributed by atoms with Crippen LogP contribution in [0.25, 0.3) is 0 Å². The molecule has 4 nitrogen and oxygen atoms in total. The topological polar surface area (TPSA) is 39.1 Å². The summed E-state index contributed by atoms with van der Waals surface area (Å²) in [6.07, 6.45) is 4.39. The normalized spacial score (nSPS) is 22.0. The highest BCUT2D eigenvalue weighted by Gasteiger charge is 2.24. The van der Waals surface area contributed by atoms with Crippen molar-refractivity contribution >= 4 is 11.8 Å². The van der Waals surface area contributed by atoms with E-state index in [1.165, 1.54) is 5.69 Å². The Hall–Kier alpha value is -0.520. The van der Waals surface area contributed by atoms with E-state index in [1.807, 2.05) is 29.7 Å². The first-order chi connectivity index (χ1) is 8.81. The van der Waals surface area contributed by atoms with Gasteiger partial charge in [0.1, 0.15) is 0 Å². The molecule has 1 aromatic heterocycles. The predicted octanol–water partition coefficient (Wildman–Crippen LogP) is 1.46. The molecule has 1 N–H and O–H groups in total. The van der Waals surface area contributed by atoms with E-state index in [4.69, 9.17) is 4.74 Å². The molecule has 1 aliphatic rings. The van der Waals surface area contributed by atoms with E-state index >= 15 is 0 Å². The highest BCUT2D eigenvalue weighted by Crippen LogP contribution is 2.18. The van der Waals surface area contributed by atoms with E-state index in [0.717, 1.165) is 37.5 Å². The summed E-state index contributed by atoms with van der Waals surface area (Å²) in [6.45, 7) is 4.05. The lowest BCUT2D eigenvalue weighted by Gasteiger charge is -2.30. The molecule has 2 rings (SSSR count). The second kappa shape index (κ2) is 7.16. The quantitative estimate of drug-likeness (QED) is 0.849. The van der Waals surface area contributed by atoms with Crippen LogP contribution in [0, 0.1) is 0 Å². The van der Waals surface area contributed by atoms with Crippen molar-refractivity contribution in [3.63, 3.8) is 0 Å². The molecule has 102 valence electrons. The Morgan fingerprint density at radius 3 is 3.17 bits per heavy atom. The van der Waals surface area contributed by atoms with Crippen molar-refractivity contribution in [2.45, 2.75) is 31.9 Å². The standard InChI is InChI=1S/C13H23N3OS/c1-3-14-12(13-10-18-9-8-17-13)5-4-11-6-7-15-16(11)2/h6-7,12-14H,3-5,8-10H2,1-2H3. The van der Waals surface area contributed by atoms with Gasteiger partial charge in [0.05, 0.1) is 12.7 Å². The summed E-state index contributed by atoms with van der Waals surface area (Å²) in [5, 5.41) is 7.78. The lowest BCUT2D eigenvalue weighted by atomic mass is 10.0. The van der Waals surface area contributed by atoms with Gasteiger partial charge in [0.15, 0.2) is 0 Å². The van der Waals surface area contributed by atoms with Gasteiger partial charge >= 0.3 is 0 Å². The van der Waals surface area contributed by atoms with Crippen molar-refractivity contribution in [2.24, 2.45) is 7.05 Å². The molecule has 0 aliphatic carbocycles. The lowest BCUT2D eigenvalue weighted by Crippen LogP contribution is -2.45. The highest BCUT2D eigenvalue weighted by molar-refractivity contribution is 7.99. The van der Waals surface area contributed by atoms with Crippen molar-refractivity contribution in [1.29, 1.82) is 0 Å². The Morgan fingerprint density at radius 1 is 1.67 bits per heavy atom. The number of rotatable bonds is 6. The number of nitrogens with one attached hydrogen (secondary N) is 1. The maximum absolute atomic E-state index is 5.89. The molecule has 0 saturated carbocycles. The molecule has 5 heteroatoms. The van der Waals surface area contributed by atoms with E-state index in [9.17, 15) is 0 Å². The molecule has 0 radical (unpaired) electrons. The van der Waals surface area contributed by atoms with E-state index in [2.05, 4.69) is 23.4 Å². The molecule has 0 bridgehead atoms. The van der Waals surface area contributed by atoms with Crippen molar-refractivity contribution < 1.29 is 4.74 Å². The number of aromatic nitrogens is 2.